The average Bonchev–Trinajstić information content (AvgIpc) is 2.46. The predicted octanol–water partition coefficient (Wildman–Crippen LogP) is 2.77. The Morgan fingerprint density at radius 1 is 1.14 bits per heavy atom. The molecule has 0 radical (unpaired) electrons. The van der Waals surface area contributed by atoms with Gasteiger partial charge in [-0.15, -0.1) is 0 Å². The Morgan fingerprint density at radius 2 is 1.64 bits per heavy atom. The summed E-state index contributed by atoms with van der Waals surface area (Å²) < 4.78 is 26.9. The first kappa shape index (κ1) is 17.4. The number of aliphatic hydroxyl groups excluding tert-OH is 1. The molecule has 2 rings (SSSR count). The van der Waals surface area contributed by atoms with Gasteiger partial charge in [-0.25, -0.2) is 8.42 Å². The summed E-state index contributed by atoms with van der Waals surface area (Å²) in [4.78, 5) is 0.357. The topological polar surface area (TPSA) is 57.6 Å². The number of sulfonamides is 1. The van der Waals surface area contributed by atoms with E-state index in [4.69, 9.17) is 0 Å². The maximum Gasteiger partial charge on any atom is 0.243 e. The highest BCUT2D eigenvalue weighted by Crippen LogP contribution is 2.27. The summed E-state index contributed by atoms with van der Waals surface area (Å²) in [5, 5.41) is 9.62. The maximum atomic E-state index is 12.7. The number of aliphatic hydroxyl groups is 1. The van der Waals surface area contributed by atoms with Crippen LogP contribution < -0.4 is 0 Å². The summed E-state index contributed by atoms with van der Waals surface area (Å²) >= 11 is 0. The SMILES string of the molecule is CC(O)C1CCN(S(=O)(=O)c2ccc(C(C)(C)C)cc2)CC1. The molecule has 0 spiro atoms. The molecule has 0 aliphatic carbocycles. The quantitative estimate of drug-likeness (QED) is 0.929. The van der Waals surface area contributed by atoms with E-state index < -0.39 is 10.0 Å². The van der Waals surface area contributed by atoms with Gasteiger partial charge in [0.05, 0.1) is 11.0 Å². The van der Waals surface area contributed by atoms with Gasteiger partial charge in [-0.05, 0) is 48.8 Å². The molecule has 4 nitrogen and oxygen atoms in total. The van der Waals surface area contributed by atoms with Gasteiger partial charge in [0.2, 0.25) is 10.0 Å². The third-order valence-corrected chi connectivity index (χ3v) is 6.45. The van der Waals surface area contributed by atoms with Gasteiger partial charge in [0.25, 0.3) is 0 Å². The molecule has 22 heavy (non-hydrogen) atoms. The Kier molecular flexibility index (Phi) is 5.00. The molecule has 124 valence electrons. The molecule has 0 saturated carbocycles. The first-order valence-corrected chi connectivity index (χ1v) is 9.35. The molecule has 0 bridgehead atoms. The van der Waals surface area contributed by atoms with E-state index in [0.29, 0.717) is 18.0 Å². The van der Waals surface area contributed by atoms with Gasteiger partial charge >= 0.3 is 0 Å². The fourth-order valence-electron chi connectivity index (χ4n) is 2.87. The Morgan fingerprint density at radius 3 is 2.05 bits per heavy atom. The van der Waals surface area contributed by atoms with Crippen LogP contribution in [0.4, 0.5) is 0 Å². The number of benzene rings is 1. The van der Waals surface area contributed by atoms with Crippen LogP contribution in [-0.4, -0.2) is 37.0 Å². The van der Waals surface area contributed by atoms with Crippen molar-refractivity contribution in [1.29, 1.82) is 0 Å². The molecule has 1 fully saturated rings. The van der Waals surface area contributed by atoms with E-state index in [0.717, 1.165) is 18.4 Å². The molecule has 1 aliphatic rings. The Labute approximate surface area is 134 Å². The number of piperidine rings is 1. The standard InChI is InChI=1S/C17H27NO3S/c1-13(19)14-9-11-18(12-10-14)22(20,21)16-7-5-15(6-8-16)17(2,3)4/h5-8,13-14,19H,9-12H2,1-4H3. The Balaban J connectivity index is 2.14. The summed E-state index contributed by atoms with van der Waals surface area (Å²) in [6, 6.07) is 7.21. The summed E-state index contributed by atoms with van der Waals surface area (Å²) in [5.74, 6) is 0.203. The van der Waals surface area contributed by atoms with E-state index in [9.17, 15) is 13.5 Å². The minimum atomic E-state index is -3.42. The number of rotatable bonds is 3. The third-order valence-electron chi connectivity index (χ3n) is 4.54. The lowest BCUT2D eigenvalue weighted by Crippen LogP contribution is -2.40. The van der Waals surface area contributed by atoms with Crippen molar-refractivity contribution in [2.24, 2.45) is 5.92 Å². The van der Waals surface area contributed by atoms with Crippen molar-refractivity contribution >= 4 is 10.0 Å². The van der Waals surface area contributed by atoms with E-state index in [-0.39, 0.29) is 17.4 Å². The lowest BCUT2D eigenvalue weighted by atomic mass is 9.87. The van der Waals surface area contributed by atoms with E-state index in [1.165, 1.54) is 4.31 Å². The predicted molar refractivity (Wildman–Crippen MR) is 88.3 cm³/mol. The Bertz CT molecular complexity index is 592. The Hall–Kier alpha value is -0.910. The monoisotopic (exact) mass is 325 g/mol. The van der Waals surface area contributed by atoms with E-state index in [1.807, 2.05) is 12.1 Å². The summed E-state index contributed by atoms with van der Waals surface area (Å²) in [6.07, 6.45) is 1.07. The fourth-order valence-corrected chi connectivity index (χ4v) is 4.34. The van der Waals surface area contributed by atoms with Crippen molar-refractivity contribution in [3.05, 3.63) is 29.8 Å². The second-order valence-corrected chi connectivity index (χ2v) is 9.19. The highest BCUT2D eigenvalue weighted by molar-refractivity contribution is 7.89. The van der Waals surface area contributed by atoms with Crippen molar-refractivity contribution in [2.75, 3.05) is 13.1 Å². The van der Waals surface area contributed by atoms with Crippen LogP contribution in [0.25, 0.3) is 0 Å². The van der Waals surface area contributed by atoms with Gasteiger partial charge in [0, 0.05) is 13.1 Å². The number of hydrogen-bond acceptors (Lipinski definition) is 3. The van der Waals surface area contributed by atoms with Gasteiger partial charge in [-0.3, -0.25) is 0 Å². The van der Waals surface area contributed by atoms with Crippen molar-refractivity contribution in [1.82, 2.24) is 4.31 Å². The molecule has 1 saturated heterocycles. The zero-order chi connectivity index (χ0) is 16.5. The number of hydrogen-bond donors (Lipinski definition) is 1. The van der Waals surface area contributed by atoms with Crippen LogP contribution in [0.5, 0.6) is 0 Å². The van der Waals surface area contributed by atoms with Crippen molar-refractivity contribution in [3.63, 3.8) is 0 Å². The molecule has 1 aromatic carbocycles. The second-order valence-electron chi connectivity index (χ2n) is 7.26. The van der Waals surface area contributed by atoms with Crippen LogP contribution in [0.1, 0.15) is 46.1 Å². The van der Waals surface area contributed by atoms with Gasteiger partial charge in [-0.1, -0.05) is 32.9 Å². The molecule has 1 N–H and O–H groups in total. The zero-order valence-corrected chi connectivity index (χ0v) is 14.7. The van der Waals surface area contributed by atoms with Crippen LogP contribution in [-0.2, 0) is 15.4 Å². The number of nitrogens with zero attached hydrogens (tertiary/aromatic N) is 1. The minimum Gasteiger partial charge on any atom is -0.393 e. The van der Waals surface area contributed by atoms with Crippen molar-refractivity contribution < 1.29 is 13.5 Å². The van der Waals surface area contributed by atoms with Crippen molar-refractivity contribution in [3.8, 4) is 0 Å². The summed E-state index contributed by atoms with van der Waals surface area (Å²) in [6.45, 7) is 9.07. The smallest absolute Gasteiger partial charge is 0.243 e. The van der Waals surface area contributed by atoms with Crippen LogP contribution in [0.15, 0.2) is 29.2 Å². The highest BCUT2D eigenvalue weighted by atomic mass is 32.2. The molecule has 1 aliphatic heterocycles. The lowest BCUT2D eigenvalue weighted by molar-refractivity contribution is 0.0912. The van der Waals surface area contributed by atoms with Gasteiger partial charge < -0.3 is 5.11 Å². The molecule has 0 aromatic heterocycles. The second kappa shape index (κ2) is 6.30. The lowest BCUT2D eigenvalue weighted by Gasteiger charge is -2.32. The first-order valence-electron chi connectivity index (χ1n) is 7.91. The normalized spacial score (nSPS) is 20.0. The van der Waals surface area contributed by atoms with E-state index >= 15 is 0 Å². The van der Waals surface area contributed by atoms with E-state index in [2.05, 4.69) is 20.8 Å². The molecular formula is C17H27NO3S. The van der Waals surface area contributed by atoms with Crippen molar-refractivity contribution in [2.45, 2.75) is 57.0 Å². The summed E-state index contributed by atoms with van der Waals surface area (Å²) in [7, 11) is -3.42. The van der Waals surface area contributed by atoms with Gasteiger partial charge in [0.15, 0.2) is 0 Å². The van der Waals surface area contributed by atoms with Gasteiger partial charge in [0.1, 0.15) is 0 Å². The molecule has 1 heterocycles. The molecule has 1 aromatic rings. The molecule has 5 heteroatoms. The molecule has 1 atom stereocenters. The van der Waals surface area contributed by atoms with Crippen LogP contribution >= 0.6 is 0 Å². The maximum absolute atomic E-state index is 12.7. The fraction of sp³-hybridized carbons (Fsp3) is 0.647. The van der Waals surface area contributed by atoms with Crippen LogP contribution in [0.2, 0.25) is 0 Å². The average molecular weight is 325 g/mol. The zero-order valence-electron chi connectivity index (χ0n) is 13.9. The largest absolute Gasteiger partial charge is 0.393 e. The van der Waals surface area contributed by atoms with Gasteiger partial charge in [-0.2, -0.15) is 4.31 Å². The van der Waals surface area contributed by atoms with Crippen LogP contribution in [0.3, 0.4) is 0 Å². The van der Waals surface area contributed by atoms with E-state index in [1.54, 1.807) is 19.1 Å². The molecule has 1 unspecified atom stereocenters. The molecular weight excluding hydrogens is 298 g/mol. The first-order chi connectivity index (χ1) is 10.1. The van der Waals surface area contributed by atoms with Crippen LogP contribution in [0, 0.1) is 5.92 Å². The molecule has 0 amide bonds. The third kappa shape index (κ3) is 3.70. The summed E-state index contributed by atoms with van der Waals surface area (Å²) in [5.41, 5.74) is 1.14. The minimum absolute atomic E-state index is 0.0118. The highest BCUT2D eigenvalue weighted by Gasteiger charge is 2.31.